The van der Waals surface area contributed by atoms with E-state index >= 15 is 0 Å². The molecule has 0 aliphatic heterocycles. The molecule has 0 radical (unpaired) electrons. The number of aryl methyl sites for hydroxylation is 3. The van der Waals surface area contributed by atoms with Gasteiger partial charge < -0.3 is 50.8 Å². The summed E-state index contributed by atoms with van der Waals surface area (Å²) in [5.74, 6) is -2.25. The monoisotopic (exact) mass is 641 g/mol. The van der Waals surface area contributed by atoms with E-state index in [1.807, 2.05) is 0 Å². The van der Waals surface area contributed by atoms with E-state index in [2.05, 4.69) is 36.6 Å². The van der Waals surface area contributed by atoms with Gasteiger partial charge in [0.25, 0.3) is 17.7 Å². The number of hydrogen-bond acceptors (Lipinski definition) is 10. The van der Waals surface area contributed by atoms with Gasteiger partial charge in [0.05, 0.1) is 18.7 Å². The minimum atomic E-state index is -0.535. The molecule has 18 heteroatoms. The van der Waals surface area contributed by atoms with E-state index in [4.69, 9.17) is 10.5 Å². The molecule has 18 nitrogen and oxygen atoms in total. The van der Waals surface area contributed by atoms with Gasteiger partial charge in [-0.3, -0.25) is 28.8 Å². The number of aromatic nitrogens is 5. The fourth-order valence-electron chi connectivity index (χ4n) is 4.16. The summed E-state index contributed by atoms with van der Waals surface area (Å²) in [7, 11) is 4.81. The zero-order chi connectivity index (χ0) is 33.8. The van der Waals surface area contributed by atoms with Crippen LogP contribution >= 0.6 is 0 Å². The van der Waals surface area contributed by atoms with Crippen LogP contribution in [0.3, 0.4) is 0 Å². The largest absolute Gasteiger partial charge is 0.466 e. The van der Waals surface area contributed by atoms with Crippen LogP contribution in [0.2, 0.25) is 0 Å². The Kier molecular flexibility index (Phi) is 12.6. The number of carbonyl (C=O) groups excluding carboxylic acids is 6. The molecule has 0 atom stereocenters. The summed E-state index contributed by atoms with van der Waals surface area (Å²) in [6, 6.07) is 1.47. The van der Waals surface area contributed by atoms with E-state index in [-0.39, 0.29) is 73.8 Å². The second kappa shape index (κ2) is 16.5. The molecule has 0 aliphatic rings. The van der Waals surface area contributed by atoms with Crippen molar-refractivity contribution in [2.45, 2.75) is 32.6 Å². The van der Waals surface area contributed by atoms with Crippen molar-refractivity contribution in [3.63, 3.8) is 0 Å². The van der Waals surface area contributed by atoms with Crippen molar-refractivity contribution >= 4 is 52.8 Å². The van der Waals surface area contributed by atoms with Crippen molar-refractivity contribution < 1.29 is 33.5 Å². The highest BCUT2D eigenvalue weighted by atomic mass is 16.5. The summed E-state index contributed by atoms with van der Waals surface area (Å²) in [4.78, 5) is 82.1. The van der Waals surface area contributed by atoms with E-state index in [1.54, 1.807) is 34.3 Å². The molecule has 0 bridgehead atoms. The van der Waals surface area contributed by atoms with Crippen molar-refractivity contribution in [3.05, 3.63) is 42.0 Å². The zero-order valence-corrected chi connectivity index (χ0v) is 26.1. The maximum Gasteiger partial charge on any atom is 0.307 e. The quantitative estimate of drug-likeness (QED) is 0.113. The minimum absolute atomic E-state index is 0.00824. The number of carbonyl (C=O) groups is 6. The SMILES string of the molecule is CCOC(=O)CCNC(=O)c1nc(NC(=O)c2cc(NC(=O)CCNC(=O)c3nc(NC(=O)CCCN)cn3C)cn2C)cn1C. The van der Waals surface area contributed by atoms with Crippen molar-refractivity contribution in [2.24, 2.45) is 26.9 Å². The number of rotatable bonds is 16. The molecule has 3 heterocycles. The summed E-state index contributed by atoms with van der Waals surface area (Å²) in [6.07, 6.45) is 5.23. The van der Waals surface area contributed by atoms with Gasteiger partial charge in [0.15, 0.2) is 11.6 Å². The summed E-state index contributed by atoms with van der Waals surface area (Å²) >= 11 is 0. The Balaban J connectivity index is 1.48. The fourth-order valence-corrected chi connectivity index (χ4v) is 4.16. The van der Waals surface area contributed by atoms with Gasteiger partial charge in [-0.2, -0.15) is 0 Å². The summed E-state index contributed by atoms with van der Waals surface area (Å²) in [5, 5.41) is 13.1. The zero-order valence-electron chi connectivity index (χ0n) is 26.1. The van der Waals surface area contributed by atoms with E-state index in [1.165, 1.54) is 32.2 Å². The first-order chi connectivity index (χ1) is 21.9. The average molecular weight is 642 g/mol. The molecule has 7 N–H and O–H groups in total. The molecule has 3 rings (SSSR count). The molecule has 0 fully saturated rings. The number of ether oxygens (including phenoxy) is 1. The van der Waals surface area contributed by atoms with Crippen LogP contribution in [0.25, 0.3) is 0 Å². The Morgan fingerprint density at radius 1 is 0.739 bits per heavy atom. The number of anilines is 3. The molecule has 0 aliphatic carbocycles. The molecule has 0 unspecified atom stereocenters. The van der Waals surface area contributed by atoms with Gasteiger partial charge in [-0.15, -0.1) is 0 Å². The summed E-state index contributed by atoms with van der Waals surface area (Å²) < 4.78 is 9.22. The normalized spacial score (nSPS) is 10.6. The topological polar surface area (TPSA) is 238 Å². The molecule has 248 valence electrons. The molecule has 46 heavy (non-hydrogen) atoms. The van der Waals surface area contributed by atoms with Crippen LogP contribution in [0, 0.1) is 0 Å². The van der Waals surface area contributed by atoms with E-state index in [9.17, 15) is 28.8 Å². The van der Waals surface area contributed by atoms with Crippen molar-refractivity contribution in [1.29, 1.82) is 0 Å². The maximum atomic E-state index is 12.9. The Hall–Kier alpha value is -5.52. The fraction of sp³-hybridized carbons (Fsp3) is 0.429. The van der Waals surface area contributed by atoms with E-state index < -0.39 is 29.6 Å². The predicted molar refractivity (Wildman–Crippen MR) is 166 cm³/mol. The minimum Gasteiger partial charge on any atom is -0.466 e. The Labute approximate surface area is 264 Å². The molecule has 0 aromatic carbocycles. The number of nitrogens with one attached hydrogen (secondary N) is 5. The van der Waals surface area contributed by atoms with Gasteiger partial charge in [-0.25, -0.2) is 9.97 Å². The number of esters is 1. The average Bonchev–Trinajstić information content (AvgIpc) is 3.67. The highest BCUT2D eigenvalue weighted by Crippen LogP contribution is 2.16. The van der Waals surface area contributed by atoms with Crippen molar-refractivity contribution in [3.8, 4) is 0 Å². The van der Waals surface area contributed by atoms with Gasteiger partial charge in [0, 0.05) is 65.7 Å². The first-order valence-electron chi connectivity index (χ1n) is 14.5. The van der Waals surface area contributed by atoms with Crippen molar-refractivity contribution in [1.82, 2.24) is 34.3 Å². The molecule has 3 aromatic heterocycles. The van der Waals surface area contributed by atoms with Crippen molar-refractivity contribution in [2.75, 3.05) is 42.2 Å². The highest BCUT2D eigenvalue weighted by molar-refractivity contribution is 6.04. The number of imidazole rings is 2. The molecular formula is C28H39N11O7. The second-order valence-electron chi connectivity index (χ2n) is 10.1. The number of nitrogens with zero attached hydrogens (tertiary/aromatic N) is 5. The van der Waals surface area contributed by atoms with Crippen LogP contribution in [0.4, 0.5) is 17.3 Å². The smallest absolute Gasteiger partial charge is 0.307 e. The van der Waals surface area contributed by atoms with Crippen LogP contribution in [0.1, 0.15) is 64.3 Å². The highest BCUT2D eigenvalue weighted by Gasteiger charge is 2.19. The molecule has 0 spiro atoms. The number of amides is 5. The molecule has 5 amide bonds. The summed E-state index contributed by atoms with van der Waals surface area (Å²) in [5.41, 5.74) is 5.97. The van der Waals surface area contributed by atoms with Crippen LogP contribution in [-0.2, 0) is 40.3 Å². The van der Waals surface area contributed by atoms with Crippen LogP contribution in [0.15, 0.2) is 24.7 Å². The standard InChI is InChI=1S/C28H39N11O7/c1-5-46-23(42)9-12-31-28(45)25-35-20(16-39(25)4)36-26(43)18-13-17(14-37(18)2)32-22(41)8-11-30-27(44)24-34-19(15-38(24)3)33-21(40)7-6-10-29/h13-16H,5-12,29H2,1-4H3,(H,30,44)(H,31,45)(H,32,41)(H,33,40)(H,36,43). The lowest BCUT2D eigenvalue weighted by molar-refractivity contribution is -0.142. The lowest BCUT2D eigenvalue weighted by Gasteiger charge is -2.05. The van der Waals surface area contributed by atoms with Crippen LogP contribution < -0.4 is 32.3 Å². The number of hydrogen-bond donors (Lipinski definition) is 6. The van der Waals surface area contributed by atoms with Gasteiger partial charge in [-0.05, 0) is 26.0 Å². The third-order valence-electron chi connectivity index (χ3n) is 6.35. The third kappa shape index (κ3) is 10.0. The Morgan fingerprint density at radius 2 is 1.30 bits per heavy atom. The third-order valence-corrected chi connectivity index (χ3v) is 6.35. The summed E-state index contributed by atoms with van der Waals surface area (Å²) in [6.45, 7) is 2.40. The first-order valence-corrected chi connectivity index (χ1v) is 14.5. The van der Waals surface area contributed by atoms with Gasteiger partial charge in [0.1, 0.15) is 5.69 Å². The lowest BCUT2D eigenvalue weighted by Crippen LogP contribution is -2.29. The van der Waals surface area contributed by atoms with Crippen LogP contribution in [0.5, 0.6) is 0 Å². The maximum absolute atomic E-state index is 12.9. The van der Waals surface area contributed by atoms with E-state index in [0.29, 0.717) is 18.7 Å². The Bertz CT molecular complexity index is 1590. The van der Waals surface area contributed by atoms with E-state index in [0.717, 1.165) is 0 Å². The molecule has 3 aromatic rings. The van der Waals surface area contributed by atoms with Crippen LogP contribution in [-0.4, -0.2) is 85.4 Å². The first kappa shape index (κ1) is 35.0. The predicted octanol–water partition coefficient (Wildman–Crippen LogP) is -0.137. The Morgan fingerprint density at radius 3 is 1.89 bits per heavy atom. The van der Waals surface area contributed by atoms with Gasteiger partial charge >= 0.3 is 5.97 Å². The molecule has 0 saturated carbocycles. The molecule has 0 saturated heterocycles. The van der Waals surface area contributed by atoms with Gasteiger partial charge in [-0.1, -0.05) is 0 Å². The number of nitrogens with two attached hydrogens (primary N) is 1. The second-order valence-corrected chi connectivity index (χ2v) is 10.1. The lowest BCUT2D eigenvalue weighted by atomic mass is 10.3. The van der Waals surface area contributed by atoms with Gasteiger partial charge in [0.2, 0.25) is 23.5 Å². The molecular weight excluding hydrogens is 602 g/mol.